The first-order chi connectivity index (χ1) is 15.7. The Bertz CT molecular complexity index is 1310. The predicted molar refractivity (Wildman–Crippen MR) is 134 cm³/mol. The topological polar surface area (TPSA) is 97.5 Å². The van der Waals surface area contributed by atoms with Gasteiger partial charge < -0.3 is 10.6 Å². The van der Waals surface area contributed by atoms with Gasteiger partial charge >= 0.3 is 11.9 Å². The van der Waals surface area contributed by atoms with Crippen LogP contribution in [0.1, 0.15) is 27.8 Å². The van der Waals surface area contributed by atoms with Crippen molar-refractivity contribution in [2.24, 2.45) is 0 Å². The van der Waals surface area contributed by atoms with Gasteiger partial charge in [-0.3, -0.25) is 19.0 Å². The van der Waals surface area contributed by atoms with Crippen LogP contribution in [0.15, 0.2) is 56.6 Å². The van der Waals surface area contributed by atoms with Crippen molar-refractivity contribution in [3.8, 4) is 5.82 Å². The molecular formula is C21H14Br2ClN5O3S. The number of aromatic nitrogens is 2. The highest BCUT2D eigenvalue weighted by Crippen LogP contribution is 2.33. The maximum Gasteiger partial charge on any atom is 0.313 e. The van der Waals surface area contributed by atoms with Crippen molar-refractivity contribution < 1.29 is 14.4 Å². The summed E-state index contributed by atoms with van der Waals surface area (Å²) in [6, 6.07) is 9.63. The van der Waals surface area contributed by atoms with Crippen molar-refractivity contribution in [1.82, 2.24) is 14.9 Å². The number of Topliss-reactive ketones (excluding diaryl/α,β-unsaturated/α-hetero) is 1. The van der Waals surface area contributed by atoms with Crippen LogP contribution in [0.4, 0.5) is 5.69 Å². The Labute approximate surface area is 215 Å². The first kappa shape index (κ1) is 25.0. The number of pyridine rings is 1. The Morgan fingerprint density at radius 1 is 1.21 bits per heavy atom. The number of hydrogen-bond donors (Lipinski definition) is 2. The molecule has 0 spiro atoms. The van der Waals surface area contributed by atoms with Gasteiger partial charge in [-0.25, -0.2) is 15.8 Å². The molecule has 0 aliphatic heterocycles. The zero-order valence-electron chi connectivity index (χ0n) is 16.9. The SMILES string of the molecule is [C-]#[N+]Sc1ccc(C(=O)Nc2c(Br)cc(Br)cc2C(=O)NCC(C)=O)n1-c1ncccc1Cl. The summed E-state index contributed by atoms with van der Waals surface area (Å²) in [5, 5.41) is 6.01. The minimum Gasteiger partial charge on any atom is -0.345 e. The molecule has 33 heavy (non-hydrogen) atoms. The highest BCUT2D eigenvalue weighted by molar-refractivity contribution is 9.11. The summed E-state index contributed by atoms with van der Waals surface area (Å²) in [7, 11) is 0. The van der Waals surface area contributed by atoms with Crippen molar-refractivity contribution >= 4 is 78.7 Å². The molecule has 2 amide bonds. The lowest BCUT2D eigenvalue weighted by Gasteiger charge is -2.15. The van der Waals surface area contributed by atoms with Crippen molar-refractivity contribution in [2.45, 2.75) is 11.9 Å². The number of ketones is 1. The van der Waals surface area contributed by atoms with Gasteiger partial charge in [0.25, 0.3) is 11.8 Å². The molecular weight excluding hydrogens is 598 g/mol. The molecule has 8 nitrogen and oxygen atoms in total. The first-order valence-electron chi connectivity index (χ1n) is 9.17. The van der Waals surface area contributed by atoms with E-state index in [2.05, 4.69) is 51.7 Å². The van der Waals surface area contributed by atoms with E-state index >= 15 is 0 Å². The number of nitrogens with zero attached hydrogens (tertiary/aromatic N) is 3. The fraction of sp³-hybridized carbons (Fsp3) is 0.0952. The van der Waals surface area contributed by atoms with Gasteiger partial charge in [-0.05, 0) is 59.3 Å². The van der Waals surface area contributed by atoms with Crippen LogP contribution in [-0.4, -0.2) is 33.7 Å². The molecule has 0 atom stereocenters. The molecule has 0 bridgehead atoms. The quantitative estimate of drug-likeness (QED) is 0.270. The van der Waals surface area contributed by atoms with Crippen LogP contribution in [0.2, 0.25) is 5.02 Å². The third kappa shape index (κ3) is 5.83. The van der Waals surface area contributed by atoms with Gasteiger partial charge in [0.2, 0.25) is 0 Å². The van der Waals surface area contributed by atoms with Gasteiger partial charge in [0.05, 0.1) is 22.8 Å². The molecule has 0 radical (unpaired) electrons. The summed E-state index contributed by atoms with van der Waals surface area (Å²) in [4.78, 5) is 41.5. The third-order valence-corrected chi connectivity index (χ3v) is 6.18. The molecule has 0 aliphatic rings. The molecule has 0 aliphatic carbocycles. The van der Waals surface area contributed by atoms with Crippen LogP contribution in [0.5, 0.6) is 0 Å². The van der Waals surface area contributed by atoms with Gasteiger partial charge in [-0.1, -0.05) is 27.5 Å². The molecule has 1 aromatic carbocycles. The number of carbonyl (C=O) groups is 3. The number of rotatable bonds is 7. The normalized spacial score (nSPS) is 10.4. The van der Waals surface area contributed by atoms with E-state index in [0.717, 1.165) is 11.9 Å². The van der Waals surface area contributed by atoms with Crippen LogP contribution in [-0.2, 0) is 4.79 Å². The van der Waals surface area contributed by atoms with E-state index in [9.17, 15) is 14.4 Å². The Balaban J connectivity index is 2.04. The smallest absolute Gasteiger partial charge is 0.313 e. The maximum absolute atomic E-state index is 13.3. The van der Waals surface area contributed by atoms with Crippen molar-refractivity contribution in [3.63, 3.8) is 0 Å². The van der Waals surface area contributed by atoms with E-state index in [1.807, 2.05) is 0 Å². The summed E-state index contributed by atoms with van der Waals surface area (Å²) in [6.07, 6.45) is 1.53. The highest BCUT2D eigenvalue weighted by atomic mass is 79.9. The highest BCUT2D eigenvalue weighted by Gasteiger charge is 2.24. The third-order valence-electron chi connectivity index (χ3n) is 4.20. The minimum absolute atomic E-state index is 0.144. The van der Waals surface area contributed by atoms with E-state index in [0.29, 0.717) is 19.0 Å². The van der Waals surface area contributed by atoms with Crippen LogP contribution >= 0.6 is 55.4 Å². The standard InChI is InChI=1S/C21H14Br2ClN5O3S/c1-11(30)10-27-20(31)13-8-12(22)9-14(23)18(13)28-21(32)16-5-6-17(33-25-2)29(16)19-15(24)4-3-7-26-19/h3-9H,10H2,1H3,(H,27,31)(H,28,32). The van der Waals surface area contributed by atoms with Crippen molar-refractivity contribution in [1.29, 1.82) is 0 Å². The van der Waals surface area contributed by atoms with E-state index in [1.165, 1.54) is 29.8 Å². The van der Waals surface area contributed by atoms with Gasteiger partial charge in [0.1, 0.15) is 11.5 Å². The second kappa shape index (κ2) is 11.0. The maximum atomic E-state index is 13.3. The Morgan fingerprint density at radius 2 is 1.97 bits per heavy atom. The second-order valence-corrected chi connectivity index (χ2v) is 9.49. The lowest BCUT2D eigenvalue weighted by Crippen LogP contribution is -2.29. The predicted octanol–water partition coefficient (Wildman–Crippen LogP) is 5.55. The van der Waals surface area contributed by atoms with E-state index in [-0.39, 0.29) is 35.1 Å². The summed E-state index contributed by atoms with van der Waals surface area (Å²) in [5.41, 5.74) is 0.519. The fourth-order valence-corrected chi connectivity index (χ4v) is 4.85. The molecule has 0 fully saturated rings. The van der Waals surface area contributed by atoms with Crippen molar-refractivity contribution in [3.05, 3.63) is 78.6 Å². The molecule has 2 heterocycles. The van der Waals surface area contributed by atoms with Gasteiger partial charge in [-0.2, -0.15) is 0 Å². The number of carbonyl (C=O) groups excluding carboxylic acids is 3. The number of nitrogens with one attached hydrogen (secondary N) is 2. The van der Waals surface area contributed by atoms with Crippen LogP contribution in [0.3, 0.4) is 0 Å². The molecule has 0 saturated carbocycles. The molecule has 12 heteroatoms. The summed E-state index contributed by atoms with van der Waals surface area (Å²) >= 11 is 13.8. The summed E-state index contributed by atoms with van der Waals surface area (Å²) in [5.74, 6) is -1.01. The monoisotopic (exact) mass is 609 g/mol. The zero-order chi connectivity index (χ0) is 24.1. The molecule has 2 N–H and O–H groups in total. The van der Waals surface area contributed by atoms with E-state index in [4.69, 9.17) is 18.2 Å². The fourth-order valence-electron chi connectivity index (χ4n) is 2.83. The number of halogens is 3. The summed E-state index contributed by atoms with van der Waals surface area (Å²) in [6.45, 7) is 8.40. The molecule has 3 aromatic rings. The average Bonchev–Trinajstić information content (AvgIpc) is 3.17. The molecule has 168 valence electrons. The number of amides is 2. The van der Waals surface area contributed by atoms with Gasteiger partial charge in [0, 0.05) is 15.1 Å². The molecule has 2 aromatic heterocycles. The first-order valence-corrected chi connectivity index (χ1v) is 11.9. The number of anilines is 1. The average molecular weight is 612 g/mol. The summed E-state index contributed by atoms with van der Waals surface area (Å²) < 4.78 is 5.84. The van der Waals surface area contributed by atoms with E-state index < -0.39 is 11.8 Å². The second-order valence-electron chi connectivity index (χ2n) is 6.53. The van der Waals surface area contributed by atoms with E-state index in [1.54, 1.807) is 24.3 Å². The van der Waals surface area contributed by atoms with Crippen molar-refractivity contribution in [2.75, 3.05) is 11.9 Å². The van der Waals surface area contributed by atoms with Gasteiger partial charge in [-0.15, -0.1) is 0 Å². The lowest BCUT2D eigenvalue weighted by atomic mass is 10.1. The molecule has 0 unspecified atom stereocenters. The van der Waals surface area contributed by atoms with Gasteiger partial charge in [0.15, 0.2) is 10.8 Å². The number of hydrogen-bond acceptors (Lipinski definition) is 5. The Morgan fingerprint density at radius 3 is 2.64 bits per heavy atom. The van der Waals surface area contributed by atoms with Crippen LogP contribution in [0, 0.1) is 6.57 Å². The molecule has 3 rings (SSSR count). The van der Waals surface area contributed by atoms with Crippen LogP contribution in [0.25, 0.3) is 10.1 Å². The zero-order valence-corrected chi connectivity index (χ0v) is 21.6. The lowest BCUT2D eigenvalue weighted by molar-refractivity contribution is -0.116. The number of benzene rings is 1. The minimum atomic E-state index is -0.558. The molecule has 0 saturated heterocycles. The van der Waals surface area contributed by atoms with Crippen LogP contribution < -0.4 is 10.6 Å². The Kier molecular flexibility index (Phi) is 8.31. The Hall–Kier alpha value is -2.65. The largest absolute Gasteiger partial charge is 0.345 e.